The van der Waals surface area contributed by atoms with E-state index in [0.717, 1.165) is 45.3 Å². The van der Waals surface area contributed by atoms with Gasteiger partial charge in [-0.3, -0.25) is 14.4 Å². The fraction of sp³-hybridized carbons (Fsp3) is 0.526. The lowest BCUT2D eigenvalue weighted by molar-refractivity contribution is -0.134. The van der Waals surface area contributed by atoms with Gasteiger partial charge in [-0.1, -0.05) is 30.3 Å². The molecule has 1 aliphatic heterocycles. The van der Waals surface area contributed by atoms with Gasteiger partial charge in [0, 0.05) is 18.6 Å². The van der Waals surface area contributed by atoms with E-state index in [0.29, 0.717) is 18.6 Å². The molecule has 25 heavy (non-hydrogen) atoms. The summed E-state index contributed by atoms with van der Waals surface area (Å²) in [6.45, 7) is 3.05. The van der Waals surface area contributed by atoms with Crippen molar-refractivity contribution in [3.63, 3.8) is 0 Å². The predicted molar refractivity (Wildman–Crippen MR) is 94.6 cm³/mol. The topological polar surface area (TPSA) is 54.3 Å². The smallest absolute Gasteiger partial charge is 0.237 e. The Morgan fingerprint density at radius 1 is 1.20 bits per heavy atom. The molecule has 2 heterocycles. The van der Waals surface area contributed by atoms with Gasteiger partial charge in [0.25, 0.3) is 0 Å². The molecule has 0 spiro atoms. The van der Waals surface area contributed by atoms with Crippen LogP contribution in [0.5, 0.6) is 0 Å². The number of hydrogen-bond donors (Lipinski definition) is 0. The fourth-order valence-electron chi connectivity index (χ4n) is 3.70. The van der Waals surface area contributed by atoms with E-state index < -0.39 is 0 Å². The number of aromatic nitrogens is 3. The molecule has 2 fully saturated rings. The van der Waals surface area contributed by atoms with Crippen molar-refractivity contribution in [3.05, 3.63) is 48.5 Å². The highest BCUT2D eigenvalue weighted by Gasteiger charge is 2.35. The monoisotopic (exact) mass is 339 g/mol. The van der Waals surface area contributed by atoms with E-state index in [1.54, 1.807) is 12.7 Å². The summed E-state index contributed by atoms with van der Waals surface area (Å²) >= 11 is 0. The quantitative estimate of drug-likeness (QED) is 0.773. The molecule has 0 N–H and O–H groups in total. The maximum Gasteiger partial charge on any atom is 0.237 e. The van der Waals surface area contributed by atoms with Gasteiger partial charge in [-0.15, -0.1) is 0 Å². The van der Waals surface area contributed by atoms with Gasteiger partial charge in [-0.05, 0) is 37.8 Å². The van der Waals surface area contributed by atoms with Crippen LogP contribution < -0.4 is 0 Å². The molecular formula is C19H25N5O. The third-order valence-corrected chi connectivity index (χ3v) is 5.21. The van der Waals surface area contributed by atoms with Crippen molar-refractivity contribution in [2.75, 3.05) is 13.1 Å². The minimum Gasteiger partial charge on any atom is -0.334 e. The summed E-state index contributed by atoms with van der Waals surface area (Å²) in [7, 11) is 0. The van der Waals surface area contributed by atoms with Gasteiger partial charge in [0.2, 0.25) is 5.91 Å². The minimum atomic E-state index is 0.261. The van der Waals surface area contributed by atoms with Gasteiger partial charge < -0.3 is 4.90 Å². The van der Waals surface area contributed by atoms with Gasteiger partial charge in [-0.2, -0.15) is 5.10 Å². The molecule has 1 atom stereocenters. The molecule has 2 aliphatic rings. The van der Waals surface area contributed by atoms with E-state index in [4.69, 9.17) is 0 Å². The highest BCUT2D eigenvalue weighted by molar-refractivity contribution is 5.79. The number of carbonyl (C=O) groups excluding carboxylic acids is 1. The van der Waals surface area contributed by atoms with E-state index in [1.165, 1.54) is 5.56 Å². The first-order chi connectivity index (χ1) is 12.3. The van der Waals surface area contributed by atoms with Crippen LogP contribution in [0, 0.1) is 0 Å². The van der Waals surface area contributed by atoms with E-state index in [-0.39, 0.29) is 5.91 Å². The normalized spacial score (nSPS) is 20.7. The molecule has 6 heteroatoms. The SMILES string of the molecule is O=C(CN1CCC[C@H]1Cn1cncn1)N(Cc1ccccc1)C1CC1. The highest BCUT2D eigenvalue weighted by Crippen LogP contribution is 2.29. The Bertz CT molecular complexity index is 683. The zero-order valence-corrected chi connectivity index (χ0v) is 14.5. The third-order valence-electron chi connectivity index (χ3n) is 5.21. The number of carbonyl (C=O) groups is 1. The summed E-state index contributed by atoms with van der Waals surface area (Å²) in [6.07, 6.45) is 7.87. The number of benzene rings is 1. The summed E-state index contributed by atoms with van der Waals surface area (Å²) in [4.78, 5) is 21.4. The lowest BCUT2D eigenvalue weighted by atomic mass is 10.2. The van der Waals surface area contributed by atoms with E-state index in [1.807, 2.05) is 22.9 Å². The average molecular weight is 339 g/mol. The second kappa shape index (κ2) is 7.35. The van der Waals surface area contributed by atoms with Crippen LogP contribution in [-0.4, -0.2) is 55.6 Å². The summed E-state index contributed by atoms with van der Waals surface area (Å²) in [6, 6.07) is 11.1. The van der Waals surface area contributed by atoms with Gasteiger partial charge in [0.05, 0.1) is 13.1 Å². The van der Waals surface area contributed by atoms with Crippen LogP contribution in [0.25, 0.3) is 0 Å². The number of likely N-dealkylation sites (tertiary alicyclic amines) is 1. The summed E-state index contributed by atoms with van der Waals surface area (Å²) in [5.74, 6) is 0.261. The maximum absolute atomic E-state index is 13.0. The van der Waals surface area contributed by atoms with Crippen LogP contribution in [0.1, 0.15) is 31.2 Å². The molecule has 1 saturated heterocycles. The number of amides is 1. The van der Waals surface area contributed by atoms with Crippen molar-refractivity contribution in [1.29, 1.82) is 0 Å². The van der Waals surface area contributed by atoms with Crippen LogP contribution >= 0.6 is 0 Å². The van der Waals surface area contributed by atoms with E-state index >= 15 is 0 Å². The Labute approximate surface area is 148 Å². The number of nitrogens with zero attached hydrogens (tertiary/aromatic N) is 5. The Balaban J connectivity index is 1.38. The van der Waals surface area contributed by atoms with Crippen LogP contribution in [0.3, 0.4) is 0 Å². The average Bonchev–Trinajstić information content (AvgIpc) is 3.17. The molecule has 2 aromatic rings. The van der Waals surface area contributed by atoms with Crippen molar-refractivity contribution in [3.8, 4) is 0 Å². The van der Waals surface area contributed by atoms with E-state index in [2.05, 4.69) is 32.0 Å². The molecule has 4 rings (SSSR count). The molecule has 132 valence electrons. The first kappa shape index (κ1) is 16.3. The van der Waals surface area contributed by atoms with Gasteiger partial charge in [-0.25, -0.2) is 4.98 Å². The number of hydrogen-bond acceptors (Lipinski definition) is 4. The van der Waals surface area contributed by atoms with Gasteiger partial charge in [0.1, 0.15) is 12.7 Å². The van der Waals surface area contributed by atoms with Crippen molar-refractivity contribution >= 4 is 5.91 Å². The molecule has 1 amide bonds. The molecule has 1 aliphatic carbocycles. The molecule has 6 nitrogen and oxygen atoms in total. The van der Waals surface area contributed by atoms with Gasteiger partial charge >= 0.3 is 0 Å². The second-order valence-corrected chi connectivity index (χ2v) is 7.12. The maximum atomic E-state index is 13.0. The second-order valence-electron chi connectivity index (χ2n) is 7.12. The highest BCUT2D eigenvalue weighted by atomic mass is 16.2. The first-order valence-corrected chi connectivity index (χ1v) is 9.19. The third kappa shape index (κ3) is 4.07. The standard InChI is InChI=1S/C19H25N5O/c25-19(24(17-8-9-17)11-16-5-2-1-3-6-16)13-22-10-4-7-18(22)12-23-15-20-14-21-23/h1-3,5-6,14-15,17-18H,4,7-13H2/t18-/m0/s1. The molecule has 1 aromatic heterocycles. The first-order valence-electron chi connectivity index (χ1n) is 9.19. The molecule has 1 aromatic carbocycles. The van der Waals surface area contributed by atoms with Crippen molar-refractivity contribution in [2.45, 2.75) is 50.9 Å². The Kier molecular flexibility index (Phi) is 4.78. The predicted octanol–water partition coefficient (Wildman–Crippen LogP) is 1.93. The van der Waals surface area contributed by atoms with Gasteiger partial charge in [0.15, 0.2) is 0 Å². The molecule has 1 saturated carbocycles. The molecule has 0 radical (unpaired) electrons. The Morgan fingerprint density at radius 2 is 2.04 bits per heavy atom. The summed E-state index contributed by atoms with van der Waals surface area (Å²) in [5, 5.41) is 4.21. The van der Waals surface area contributed by atoms with Crippen LogP contribution in [-0.2, 0) is 17.9 Å². The van der Waals surface area contributed by atoms with E-state index in [9.17, 15) is 4.79 Å². The summed E-state index contributed by atoms with van der Waals surface area (Å²) < 4.78 is 1.87. The molecule has 0 unspecified atom stereocenters. The Morgan fingerprint density at radius 3 is 2.76 bits per heavy atom. The van der Waals surface area contributed by atoms with Crippen molar-refractivity contribution < 1.29 is 4.79 Å². The van der Waals surface area contributed by atoms with Crippen LogP contribution in [0.2, 0.25) is 0 Å². The van der Waals surface area contributed by atoms with Crippen LogP contribution in [0.4, 0.5) is 0 Å². The number of rotatable bonds is 7. The van der Waals surface area contributed by atoms with Crippen molar-refractivity contribution in [1.82, 2.24) is 24.6 Å². The van der Waals surface area contributed by atoms with Crippen molar-refractivity contribution in [2.24, 2.45) is 0 Å². The molecular weight excluding hydrogens is 314 g/mol. The Hall–Kier alpha value is -2.21. The minimum absolute atomic E-state index is 0.261. The van der Waals surface area contributed by atoms with Crippen LogP contribution in [0.15, 0.2) is 43.0 Å². The lowest BCUT2D eigenvalue weighted by Crippen LogP contribution is -2.44. The summed E-state index contributed by atoms with van der Waals surface area (Å²) in [5.41, 5.74) is 1.21. The zero-order chi connectivity index (χ0) is 17.1. The fourth-order valence-corrected chi connectivity index (χ4v) is 3.70. The largest absolute Gasteiger partial charge is 0.334 e. The molecule has 0 bridgehead atoms. The zero-order valence-electron chi connectivity index (χ0n) is 14.5. The lowest BCUT2D eigenvalue weighted by Gasteiger charge is -2.28.